The number of likely N-dealkylation sites (tertiary alicyclic amines) is 2. The predicted molar refractivity (Wildman–Crippen MR) is 232 cm³/mol. The number of aromatic hydroxyl groups is 2. The Balaban J connectivity index is 0.763. The highest BCUT2D eigenvalue weighted by atomic mass is 16.5. The number of hydrogen-bond donors (Lipinski definition) is 4. The van der Waals surface area contributed by atoms with Gasteiger partial charge in [0.15, 0.2) is 11.6 Å². The van der Waals surface area contributed by atoms with Gasteiger partial charge in [-0.25, -0.2) is 15.0 Å². The zero-order valence-electron chi connectivity index (χ0n) is 35.7. The summed E-state index contributed by atoms with van der Waals surface area (Å²) in [6, 6.07) is 9.23. The van der Waals surface area contributed by atoms with Crippen LogP contribution in [-0.4, -0.2) is 135 Å². The third kappa shape index (κ3) is 9.14. The lowest BCUT2D eigenvalue weighted by atomic mass is 9.87. The van der Waals surface area contributed by atoms with Gasteiger partial charge in [0.25, 0.3) is 5.91 Å². The molecule has 63 heavy (non-hydrogen) atoms. The fraction of sp³-hybridized carbons (Fsp3) is 0.467. The molecule has 5 N–H and O–H groups in total. The summed E-state index contributed by atoms with van der Waals surface area (Å²) in [7, 11) is 0. The van der Waals surface area contributed by atoms with Crippen molar-refractivity contribution >= 4 is 23.7 Å². The summed E-state index contributed by atoms with van der Waals surface area (Å²) in [5.74, 6) is 1.08. The van der Waals surface area contributed by atoms with Gasteiger partial charge >= 0.3 is 0 Å². The largest absolute Gasteiger partial charge is 0.508 e. The first-order chi connectivity index (χ1) is 30.4. The Morgan fingerprint density at radius 2 is 1.54 bits per heavy atom. The number of carbonyl (C=O) groups is 2. The van der Waals surface area contributed by atoms with E-state index in [4.69, 9.17) is 30.5 Å². The predicted octanol–water partition coefficient (Wildman–Crippen LogP) is 3.88. The topological polar surface area (TPSA) is 225 Å². The van der Waals surface area contributed by atoms with Crippen LogP contribution in [0.25, 0.3) is 22.8 Å². The van der Waals surface area contributed by atoms with Crippen molar-refractivity contribution in [3.8, 4) is 34.3 Å². The number of benzene rings is 2. The van der Waals surface area contributed by atoms with Crippen LogP contribution >= 0.6 is 0 Å². The highest BCUT2D eigenvalue weighted by Crippen LogP contribution is 2.36. The minimum Gasteiger partial charge on any atom is -0.508 e. The lowest BCUT2D eigenvalue weighted by molar-refractivity contribution is -0.140. The molecule has 0 bridgehead atoms. The van der Waals surface area contributed by atoms with Crippen LogP contribution in [0.3, 0.4) is 0 Å². The number of aromatic nitrogens is 7. The number of amides is 2. The van der Waals surface area contributed by atoms with Crippen LogP contribution in [0, 0.1) is 0 Å². The summed E-state index contributed by atoms with van der Waals surface area (Å²) < 4.78 is 7.48. The number of fused-ring (bicyclic) bond motifs is 1. The maximum Gasteiger partial charge on any atom is 0.258 e. The number of hydrogen-bond acceptors (Lipinski definition) is 15. The van der Waals surface area contributed by atoms with Gasteiger partial charge in [-0.15, -0.1) is 0 Å². The lowest BCUT2D eigenvalue weighted by Gasteiger charge is -2.40. The Bertz CT molecular complexity index is 2470. The molecule has 2 aromatic carbocycles. The number of nitrogens with zero attached hydrogens (tertiary/aromatic N) is 11. The number of rotatable bonds is 10. The van der Waals surface area contributed by atoms with Crippen LogP contribution in [-0.2, 0) is 29.2 Å². The molecule has 0 atom stereocenters. The van der Waals surface area contributed by atoms with E-state index in [9.17, 15) is 24.9 Å². The molecular formula is C45H54N12O6. The fourth-order valence-corrected chi connectivity index (χ4v) is 9.06. The number of phenols is 2. The molecule has 0 aliphatic carbocycles. The Morgan fingerprint density at radius 3 is 2.25 bits per heavy atom. The van der Waals surface area contributed by atoms with E-state index in [0.29, 0.717) is 114 Å². The molecule has 3 saturated heterocycles. The van der Waals surface area contributed by atoms with Gasteiger partial charge < -0.3 is 40.5 Å². The van der Waals surface area contributed by atoms with Crippen molar-refractivity contribution in [3.63, 3.8) is 0 Å². The van der Waals surface area contributed by atoms with Crippen molar-refractivity contribution < 1.29 is 29.6 Å². The molecule has 0 spiro atoms. The molecular weight excluding hydrogens is 805 g/mol. The standard InChI is InChI=1S/C45H54N12O6/c1-28(2)35-18-36(38(59)19-37(35)58)42(61)56-25-30-4-3-29(17-31(30)26-56)24-53-11-7-45(62,8-12-53)20-39(60)54-9-5-34(6-10-54)57-27-33(23-49-57)41-50-40(32-21-47-43(46)48-22-32)51-44(52-41)55-13-15-63-16-14-55/h3-4,17-19,21-23,27-28,34,58-59,62H,5-16,20,24-26H2,1-2H3,(H2,46,47,48). The summed E-state index contributed by atoms with van der Waals surface area (Å²) in [6.45, 7) is 10.4. The first-order valence-electron chi connectivity index (χ1n) is 21.8. The lowest BCUT2D eigenvalue weighted by Crippen LogP contribution is -2.48. The minimum absolute atomic E-state index is 0.00373. The molecule has 0 saturated carbocycles. The van der Waals surface area contributed by atoms with E-state index < -0.39 is 5.60 Å². The van der Waals surface area contributed by atoms with Crippen LogP contribution in [0.4, 0.5) is 11.9 Å². The van der Waals surface area contributed by atoms with Crippen LogP contribution in [0.1, 0.15) is 90.5 Å². The molecule has 0 radical (unpaired) electrons. The van der Waals surface area contributed by atoms with E-state index in [-0.39, 0.29) is 53.2 Å². The van der Waals surface area contributed by atoms with E-state index in [1.54, 1.807) is 29.6 Å². The zero-order chi connectivity index (χ0) is 43.8. The second-order valence-electron chi connectivity index (χ2n) is 17.6. The van der Waals surface area contributed by atoms with Gasteiger partial charge in [0.1, 0.15) is 11.5 Å². The van der Waals surface area contributed by atoms with E-state index >= 15 is 0 Å². The maximum atomic E-state index is 13.6. The molecule has 3 fully saturated rings. The van der Waals surface area contributed by atoms with Crippen molar-refractivity contribution in [1.82, 2.24) is 49.4 Å². The number of morpholine rings is 1. The SMILES string of the molecule is CC(C)c1cc(C(=O)N2Cc3ccc(CN4CCC(O)(CC(=O)N5CCC(n6cc(-c7nc(-c8cnc(N)nc8)nc(N8CCOCC8)n7)cn6)CC5)CC4)cc3C2)c(O)cc1O. The Morgan fingerprint density at radius 1 is 0.841 bits per heavy atom. The summed E-state index contributed by atoms with van der Waals surface area (Å²) in [5.41, 5.74) is 10.1. The first kappa shape index (κ1) is 42.1. The van der Waals surface area contributed by atoms with Crippen molar-refractivity contribution in [2.75, 3.05) is 63.1 Å². The molecule has 4 aliphatic heterocycles. The highest BCUT2D eigenvalue weighted by molar-refractivity contribution is 5.97. The molecule has 18 nitrogen and oxygen atoms in total. The van der Waals surface area contributed by atoms with Gasteiger partial charge in [-0.1, -0.05) is 32.0 Å². The van der Waals surface area contributed by atoms with Crippen molar-refractivity contribution in [3.05, 3.63) is 82.9 Å². The maximum absolute atomic E-state index is 13.6. The number of piperidine rings is 2. The molecule has 4 aliphatic rings. The molecule has 5 aromatic rings. The van der Waals surface area contributed by atoms with Crippen molar-refractivity contribution in [2.45, 2.75) is 83.1 Å². The number of anilines is 2. The highest BCUT2D eigenvalue weighted by Gasteiger charge is 2.37. The van der Waals surface area contributed by atoms with Gasteiger partial charge in [-0.2, -0.15) is 15.1 Å². The van der Waals surface area contributed by atoms with Gasteiger partial charge in [0, 0.05) is 83.6 Å². The van der Waals surface area contributed by atoms with Crippen LogP contribution < -0.4 is 10.6 Å². The number of aliphatic hydroxyl groups is 1. The zero-order valence-corrected chi connectivity index (χ0v) is 35.7. The third-order valence-corrected chi connectivity index (χ3v) is 12.8. The second kappa shape index (κ2) is 17.5. The molecule has 18 heteroatoms. The number of nitrogen functional groups attached to an aromatic ring is 1. The van der Waals surface area contributed by atoms with E-state index in [0.717, 1.165) is 35.1 Å². The summed E-state index contributed by atoms with van der Waals surface area (Å²) >= 11 is 0. The Hall–Kier alpha value is -6.24. The average Bonchev–Trinajstić information content (AvgIpc) is 3.96. The summed E-state index contributed by atoms with van der Waals surface area (Å²) in [5, 5.41) is 37.1. The van der Waals surface area contributed by atoms with E-state index in [1.807, 2.05) is 29.6 Å². The Labute approximate surface area is 365 Å². The van der Waals surface area contributed by atoms with Gasteiger partial charge in [-0.05, 0) is 59.9 Å². The minimum atomic E-state index is -1.06. The smallest absolute Gasteiger partial charge is 0.258 e. The summed E-state index contributed by atoms with van der Waals surface area (Å²) in [4.78, 5) is 57.6. The van der Waals surface area contributed by atoms with Gasteiger partial charge in [0.2, 0.25) is 17.8 Å². The second-order valence-corrected chi connectivity index (χ2v) is 17.6. The quantitative estimate of drug-likeness (QED) is 0.156. The van der Waals surface area contributed by atoms with Crippen molar-refractivity contribution in [1.29, 1.82) is 0 Å². The number of ether oxygens (including phenoxy) is 1. The monoisotopic (exact) mass is 858 g/mol. The van der Waals surface area contributed by atoms with Crippen LogP contribution in [0.2, 0.25) is 0 Å². The molecule has 9 rings (SSSR count). The number of nitrogens with two attached hydrogens (primary N) is 1. The normalized spacial score (nSPS) is 18.3. The van der Waals surface area contributed by atoms with Crippen LogP contribution in [0.5, 0.6) is 11.5 Å². The van der Waals surface area contributed by atoms with E-state index in [1.165, 1.54) is 6.07 Å². The molecule has 330 valence electrons. The Kier molecular flexibility index (Phi) is 11.7. The first-order valence-corrected chi connectivity index (χ1v) is 21.8. The molecule has 2 amide bonds. The van der Waals surface area contributed by atoms with Crippen LogP contribution in [0.15, 0.2) is 55.1 Å². The van der Waals surface area contributed by atoms with Crippen molar-refractivity contribution in [2.24, 2.45) is 0 Å². The third-order valence-electron chi connectivity index (χ3n) is 12.8. The molecule has 0 unspecified atom stereocenters. The fourth-order valence-electron chi connectivity index (χ4n) is 9.06. The van der Waals surface area contributed by atoms with Gasteiger partial charge in [-0.3, -0.25) is 19.2 Å². The number of phenolic OH excluding ortho intramolecular Hbond substituents is 2. The summed E-state index contributed by atoms with van der Waals surface area (Å²) in [6.07, 6.45) is 9.47. The molecule has 3 aromatic heterocycles. The van der Waals surface area contributed by atoms with Gasteiger partial charge in [0.05, 0.1) is 54.2 Å². The number of carbonyl (C=O) groups excluding carboxylic acids is 2. The average molecular weight is 859 g/mol. The molecule has 7 heterocycles. The van der Waals surface area contributed by atoms with E-state index in [2.05, 4.69) is 38.0 Å².